The Morgan fingerprint density at radius 3 is 2.50 bits per heavy atom. The maximum absolute atomic E-state index is 12.4. The van der Waals surface area contributed by atoms with Crippen LogP contribution in [0.4, 0.5) is 4.79 Å². The van der Waals surface area contributed by atoms with Crippen LogP contribution in [0.25, 0.3) is 0 Å². The van der Waals surface area contributed by atoms with Gasteiger partial charge in [0, 0.05) is 14.1 Å². The third kappa shape index (κ3) is 3.32. The van der Waals surface area contributed by atoms with Gasteiger partial charge in [0.1, 0.15) is 4.90 Å². The van der Waals surface area contributed by atoms with Crippen molar-refractivity contribution in [2.24, 2.45) is 0 Å². The Kier molecular flexibility index (Phi) is 5.06. The van der Waals surface area contributed by atoms with E-state index in [9.17, 15) is 18.0 Å². The van der Waals surface area contributed by atoms with Crippen LogP contribution in [0.15, 0.2) is 32.6 Å². The van der Waals surface area contributed by atoms with Crippen molar-refractivity contribution in [3.63, 3.8) is 0 Å². The molecule has 0 unspecified atom stereocenters. The number of hydrogen-bond donors (Lipinski definition) is 1. The lowest BCUT2D eigenvalue weighted by atomic mass is 10.2. The van der Waals surface area contributed by atoms with Gasteiger partial charge in [-0.15, -0.1) is 9.78 Å². The Morgan fingerprint density at radius 1 is 1.38 bits per heavy atom. The summed E-state index contributed by atoms with van der Waals surface area (Å²) < 4.78 is 28.1. The number of carbonyl (C=O) groups is 1. The number of benzene rings is 1. The first-order valence-electron chi connectivity index (χ1n) is 6.43. The SMILES string of the molecule is Cc1cccc(Cl)c1S(=O)(=O)NC(=O)n1nc(Br)n(N(C)C)c1=O. The summed E-state index contributed by atoms with van der Waals surface area (Å²) in [6.07, 6.45) is 0. The molecule has 0 aliphatic rings. The van der Waals surface area contributed by atoms with Crippen LogP contribution in [0.5, 0.6) is 0 Å². The molecule has 130 valence electrons. The van der Waals surface area contributed by atoms with Crippen molar-refractivity contribution < 1.29 is 13.2 Å². The minimum absolute atomic E-state index is 0.0392. The molecule has 0 saturated carbocycles. The van der Waals surface area contributed by atoms with Crippen LogP contribution in [0, 0.1) is 6.92 Å². The van der Waals surface area contributed by atoms with Crippen molar-refractivity contribution in [2.75, 3.05) is 19.1 Å². The minimum atomic E-state index is -4.28. The molecule has 0 aliphatic carbocycles. The largest absolute Gasteiger partial charge is 0.374 e. The van der Waals surface area contributed by atoms with Crippen LogP contribution in [-0.2, 0) is 10.0 Å². The summed E-state index contributed by atoms with van der Waals surface area (Å²) in [5.74, 6) is 0. The number of carbonyl (C=O) groups excluding carboxylic acids is 1. The number of halogens is 2. The lowest BCUT2D eigenvalue weighted by Gasteiger charge is -2.11. The van der Waals surface area contributed by atoms with Gasteiger partial charge < -0.3 is 5.01 Å². The van der Waals surface area contributed by atoms with E-state index in [0.717, 1.165) is 4.68 Å². The smallest absolute Gasteiger partial charge is 0.313 e. The number of amides is 1. The molecular weight excluding hydrogens is 426 g/mol. The van der Waals surface area contributed by atoms with Crippen LogP contribution in [0.2, 0.25) is 5.02 Å². The van der Waals surface area contributed by atoms with Gasteiger partial charge in [-0.05, 0) is 34.5 Å². The molecule has 1 aromatic heterocycles. The zero-order valence-electron chi connectivity index (χ0n) is 12.8. The van der Waals surface area contributed by atoms with E-state index in [1.165, 1.54) is 24.1 Å². The maximum atomic E-state index is 12.4. The molecule has 2 aromatic rings. The first kappa shape index (κ1) is 18.5. The van der Waals surface area contributed by atoms with Crippen LogP contribution < -0.4 is 15.4 Å². The average Bonchev–Trinajstić information content (AvgIpc) is 2.72. The molecule has 0 aliphatic heterocycles. The summed E-state index contributed by atoms with van der Waals surface area (Å²) in [5, 5.41) is 5.02. The zero-order valence-corrected chi connectivity index (χ0v) is 16.0. The molecule has 0 spiro atoms. The van der Waals surface area contributed by atoms with Crippen molar-refractivity contribution in [2.45, 2.75) is 11.8 Å². The molecule has 9 nitrogen and oxygen atoms in total. The molecular formula is C12H13BrClN5O4S. The minimum Gasteiger partial charge on any atom is -0.313 e. The number of nitrogens with zero attached hydrogens (tertiary/aromatic N) is 4. The van der Waals surface area contributed by atoms with E-state index in [2.05, 4.69) is 21.0 Å². The van der Waals surface area contributed by atoms with Crippen LogP contribution in [-0.4, -0.2) is 43.0 Å². The van der Waals surface area contributed by atoms with E-state index in [1.807, 2.05) is 0 Å². The second kappa shape index (κ2) is 6.57. The molecule has 0 saturated heterocycles. The summed E-state index contributed by atoms with van der Waals surface area (Å²) in [7, 11) is -1.17. The summed E-state index contributed by atoms with van der Waals surface area (Å²) in [6, 6.07) is 3.28. The molecule has 2 rings (SSSR count). The molecule has 1 aromatic carbocycles. The Morgan fingerprint density at radius 2 is 2.00 bits per heavy atom. The fraction of sp³-hybridized carbons (Fsp3) is 0.250. The van der Waals surface area contributed by atoms with E-state index >= 15 is 0 Å². The van der Waals surface area contributed by atoms with E-state index in [0.29, 0.717) is 10.2 Å². The number of rotatable bonds is 3. The Bertz CT molecular complexity index is 946. The van der Waals surface area contributed by atoms with Crippen molar-refractivity contribution in [3.8, 4) is 0 Å². The summed E-state index contributed by atoms with van der Waals surface area (Å²) in [5.41, 5.74) is -0.481. The lowest BCUT2D eigenvalue weighted by Crippen LogP contribution is -2.43. The van der Waals surface area contributed by atoms with Crippen molar-refractivity contribution >= 4 is 43.6 Å². The van der Waals surface area contributed by atoms with Crippen molar-refractivity contribution in [1.29, 1.82) is 0 Å². The van der Waals surface area contributed by atoms with E-state index < -0.39 is 21.7 Å². The monoisotopic (exact) mass is 437 g/mol. The van der Waals surface area contributed by atoms with Gasteiger partial charge in [-0.3, -0.25) is 0 Å². The van der Waals surface area contributed by atoms with Crippen molar-refractivity contribution in [1.82, 2.24) is 19.2 Å². The standard InChI is InChI=1S/C12H13BrClN5O4S/c1-7-5-4-6-8(14)9(7)24(22,23)16-11(20)18-12(21)19(17(2)3)10(13)15-18/h4-6H,1-3H3,(H,16,20). The number of aryl methyl sites for hydroxylation is 1. The number of hydrogen-bond acceptors (Lipinski definition) is 6. The van der Waals surface area contributed by atoms with E-state index in [4.69, 9.17) is 11.6 Å². The highest BCUT2D eigenvalue weighted by molar-refractivity contribution is 9.10. The van der Waals surface area contributed by atoms with Crippen LogP contribution in [0.1, 0.15) is 5.56 Å². The Labute approximate surface area is 151 Å². The predicted molar refractivity (Wildman–Crippen MR) is 91.6 cm³/mol. The highest BCUT2D eigenvalue weighted by Gasteiger charge is 2.26. The molecule has 0 bridgehead atoms. The molecule has 1 amide bonds. The summed E-state index contributed by atoms with van der Waals surface area (Å²) in [6.45, 7) is 1.54. The number of nitrogens with one attached hydrogen (secondary N) is 1. The second-order valence-corrected chi connectivity index (χ2v) is 7.65. The first-order chi connectivity index (χ1) is 11.1. The quantitative estimate of drug-likeness (QED) is 0.763. The molecule has 1 N–H and O–H groups in total. The van der Waals surface area contributed by atoms with Gasteiger partial charge in [-0.25, -0.2) is 22.7 Å². The summed E-state index contributed by atoms with van der Waals surface area (Å²) >= 11 is 8.94. The third-order valence-corrected chi connectivity index (χ3v) is 5.41. The lowest BCUT2D eigenvalue weighted by molar-refractivity contribution is 0.243. The first-order valence-corrected chi connectivity index (χ1v) is 9.09. The average molecular weight is 439 g/mol. The normalized spacial score (nSPS) is 11.4. The topological polar surface area (TPSA) is 106 Å². The number of sulfonamides is 1. The molecule has 12 heteroatoms. The number of aromatic nitrogens is 3. The van der Waals surface area contributed by atoms with E-state index in [1.54, 1.807) is 24.9 Å². The molecule has 24 heavy (non-hydrogen) atoms. The fourth-order valence-electron chi connectivity index (χ4n) is 1.97. The second-order valence-electron chi connectivity index (χ2n) is 4.92. The fourth-order valence-corrected chi connectivity index (χ4v) is 4.36. The molecule has 0 atom stereocenters. The van der Waals surface area contributed by atoms with Gasteiger partial charge in [0.15, 0.2) is 0 Å². The Hall–Kier alpha value is -1.85. The maximum Gasteiger partial charge on any atom is 0.374 e. The van der Waals surface area contributed by atoms with Gasteiger partial charge >= 0.3 is 11.7 Å². The zero-order chi connectivity index (χ0) is 18.2. The van der Waals surface area contributed by atoms with Gasteiger partial charge in [0.25, 0.3) is 10.0 Å². The van der Waals surface area contributed by atoms with Crippen molar-refractivity contribution in [3.05, 3.63) is 44.0 Å². The molecule has 1 heterocycles. The predicted octanol–water partition coefficient (Wildman–Crippen LogP) is 0.913. The Balaban J connectivity index is 2.44. The van der Waals surface area contributed by atoms with Gasteiger partial charge in [0.05, 0.1) is 5.02 Å². The van der Waals surface area contributed by atoms with E-state index in [-0.39, 0.29) is 14.7 Å². The molecule has 0 radical (unpaired) electrons. The van der Waals surface area contributed by atoms with Gasteiger partial charge in [-0.2, -0.15) is 4.68 Å². The van der Waals surface area contributed by atoms with Crippen LogP contribution >= 0.6 is 27.5 Å². The van der Waals surface area contributed by atoms with Gasteiger partial charge in [0.2, 0.25) is 4.73 Å². The van der Waals surface area contributed by atoms with Gasteiger partial charge in [-0.1, -0.05) is 23.7 Å². The molecule has 0 fully saturated rings. The highest BCUT2D eigenvalue weighted by atomic mass is 79.9. The third-order valence-electron chi connectivity index (χ3n) is 2.97. The van der Waals surface area contributed by atoms with Crippen LogP contribution in [0.3, 0.4) is 0 Å². The summed E-state index contributed by atoms with van der Waals surface area (Å²) in [4.78, 5) is 24.1. The highest BCUT2D eigenvalue weighted by Crippen LogP contribution is 2.24.